The average molecular weight is 253 g/mol. The van der Waals surface area contributed by atoms with Crippen LogP contribution in [0.4, 0.5) is 0 Å². The zero-order valence-electron chi connectivity index (χ0n) is 8.74. The summed E-state index contributed by atoms with van der Waals surface area (Å²) in [5, 5.41) is 0. The van der Waals surface area contributed by atoms with E-state index in [0.717, 1.165) is 38.4 Å². The van der Waals surface area contributed by atoms with Crippen LogP contribution in [0, 0.1) is 0 Å². The van der Waals surface area contributed by atoms with Gasteiger partial charge in [0, 0.05) is 0 Å². The SMILES string of the molecule is CCCC[C](=O)[V][CH](P)CCCC=O. The quantitative estimate of drug-likeness (QED) is 0.359. The van der Waals surface area contributed by atoms with Crippen LogP contribution >= 0.6 is 9.24 Å². The molecule has 2 nitrogen and oxygen atoms in total. The minimum absolute atomic E-state index is 0.178. The minimum atomic E-state index is -0.178. The molecule has 0 radical (unpaired) electrons. The predicted molar refractivity (Wildman–Crippen MR) is 57.9 cm³/mol. The Morgan fingerprint density at radius 2 is 2.21 bits per heavy atom. The van der Waals surface area contributed by atoms with E-state index >= 15 is 0 Å². The van der Waals surface area contributed by atoms with Crippen molar-refractivity contribution in [1.29, 1.82) is 0 Å². The number of unbranched alkanes of at least 4 members (excludes halogenated alkanes) is 2. The molecule has 0 aliphatic heterocycles. The van der Waals surface area contributed by atoms with Crippen molar-refractivity contribution in [3.05, 3.63) is 0 Å². The molecule has 0 N–H and O–H groups in total. The predicted octanol–water partition coefficient (Wildman–Crippen LogP) is 2.36. The van der Waals surface area contributed by atoms with Gasteiger partial charge in [0.1, 0.15) is 0 Å². The molecule has 0 saturated heterocycles. The van der Waals surface area contributed by atoms with Crippen molar-refractivity contribution >= 4 is 20.0 Å². The van der Waals surface area contributed by atoms with Crippen LogP contribution in [0.25, 0.3) is 0 Å². The molecule has 0 aliphatic carbocycles. The molecule has 0 fully saturated rings. The Hall–Kier alpha value is 0.354. The summed E-state index contributed by atoms with van der Waals surface area (Å²) in [6.07, 6.45) is 6.40. The molecule has 0 aliphatic rings. The first kappa shape index (κ1) is 14.4. The summed E-state index contributed by atoms with van der Waals surface area (Å²) in [6.45, 7) is 2.10. The summed E-state index contributed by atoms with van der Waals surface area (Å²) in [5.41, 5.74) is 0. The molecule has 0 bridgehead atoms. The van der Waals surface area contributed by atoms with Gasteiger partial charge in [0.25, 0.3) is 0 Å². The molecule has 14 heavy (non-hydrogen) atoms. The van der Waals surface area contributed by atoms with Gasteiger partial charge >= 0.3 is 95.7 Å². The summed E-state index contributed by atoms with van der Waals surface area (Å²) >= 11 is -0.178. The standard InChI is InChI=1S/C5H10OP.C5H9O.V/c6-4-2-1-3-5-7;1-2-3-4-5-6;/h4-5H,1-3,7H2;2-4H2,1H3;. The third-order valence-electron chi connectivity index (χ3n) is 1.88. The molecule has 0 amide bonds. The Morgan fingerprint density at radius 1 is 1.50 bits per heavy atom. The number of hydrogen-bond acceptors (Lipinski definition) is 2. The van der Waals surface area contributed by atoms with Crippen molar-refractivity contribution in [2.75, 3.05) is 0 Å². The first-order valence-corrected chi connectivity index (χ1v) is 7.30. The second kappa shape index (κ2) is 9.89. The van der Waals surface area contributed by atoms with Gasteiger partial charge in [-0.3, -0.25) is 0 Å². The van der Waals surface area contributed by atoms with E-state index in [1.165, 1.54) is 0 Å². The van der Waals surface area contributed by atoms with Crippen LogP contribution in [0.15, 0.2) is 0 Å². The zero-order chi connectivity index (χ0) is 10.8. The van der Waals surface area contributed by atoms with Gasteiger partial charge in [0.05, 0.1) is 0 Å². The van der Waals surface area contributed by atoms with Crippen LogP contribution in [0.2, 0.25) is 0 Å². The number of rotatable bonds is 9. The van der Waals surface area contributed by atoms with Crippen LogP contribution in [-0.4, -0.2) is 15.2 Å². The van der Waals surface area contributed by atoms with Gasteiger partial charge in [-0.05, 0) is 0 Å². The normalized spacial score (nSPS) is 12.1. The van der Waals surface area contributed by atoms with Gasteiger partial charge in [-0.2, -0.15) is 0 Å². The summed E-state index contributed by atoms with van der Waals surface area (Å²) in [4.78, 5) is 21.5. The third-order valence-corrected chi connectivity index (χ3v) is 4.54. The fourth-order valence-corrected chi connectivity index (χ4v) is 3.49. The molecule has 0 aromatic rings. The summed E-state index contributed by atoms with van der Waals surface area (Å²) in [7, 11) is 2.74. The fourth-order valence-electron chi connectivity index (χ4n) is 1.05. The van der Waals surface area contributed by atoms with E-state index in [2.05, 4.69) is 16.2 Å². The second-order valence-corrected chi connectivity index (χ2v) is 7.21. The van der Waals surface area contributed by atoms with Gasteiger partial charge in [-0.1, -0.05) is 0 Å². The van der Waals surface area contributed by atoms with Crippen molar-refractivity contribution < 1.29 is 25.9 Å². The summed E-state index contributed by atoms with van der Waals surface area (Å²) in [6, 6.07) is 0. The van der Waals surface area contributed by atoms with Crippen LogP contribution < -0.4 is 0 Å². The Morgan fingerprint density at radius 3 is 2.79 bits per heavy atom. The fraction of sp³-hybridized carbons (Fsp3) is 0.800. The molecule has 4 heteroatoms. The van der Waals surface area contributed by atoms with Crippen LogP contribution in [0.3, 0.4) is 0 Å². The van der Waals surface area contributed by atoms with E-state index in [1.54, 1.807) is 0 Å². The Bertz CT molecular complexity index is 174. The Kier molecular flexibility index (Phi) is 10.1. The molecule has 0 saturated carbocycles. The summed E-state index contributed by atoms with van der Waals surface area (Å²) < 4.78 is 0.907. The first-order chi connectivity index (χ1) is 6.70. The Balaban J connectivity index is 3.44. The number of hydrogen-bond donors (Lipinski definition) is 0. The van der Waals surface area contributed by atoms with E-state index in [-0.39, 0.29) is 16.3 Å². The van der Waals surface area contributed by atoms with Gasteiger partial charge < -0.3 is 0 Å². The summed E-state index contributed by atoms with van der Waals surface area (Å²) in [5.74, 6) is 0. The molecule has 2 atom stereocenters. The molecule has 0 heterocycles. The number of carbonyl (C=O) groups excluding carboxylic acids is 2. The molecule has 0 spiro atoms. The monoisotopic (exact) mass is 253 g/mol. The molecule has 81 valence electrons. The Labute approximate surface area is 95.8 Å². The van der Waals surface area contributed by atoms with Crippen LogP contribution in [-0.2, 0) is 25.9 Å². The van der Waals surface area contributed by atoms with Gasteiger partial charge in [0.2, 0.25) is 0 Å². The van der Waals surface area contributed by atoms with Crippen molar-refractivity contribution in [3.63, 3.8) is 0 Å². The van der Waals surface area contributed by atoms with Gasteiger partial charge in [0.15, 0.2) is 0 Å². The number of carbonyl (C=O) groups is 2. The van der Waals surface area contributed by atoms with E-state index in [1.807, 2.05) is 0 Å². The van der Waals surface area contributed by atoms with Crippen molar-refractivity contribution in [1.82, 2.24) is 0 Å². The molecule has 0 aromatic heterocycles. The molecular weight excluding hydrogens is 234 g/mol. The van der Waals surface area contributed by atoms with E-state index < -0.39 is 0 Å². The topological polar surface area (TPSA) is 34.1 Å². The second-order valence-electron chi connectivity index (χ2n) is 3.29. The van der Waals surface area contributed by atoms with Gasteiger partial charge in [-0.25, -0.2) is 0 Å². The maximum absolute atomic E-state index is 11.4. The van der Waals surface area contributed by atoms with Crippen molar-refractivity contribution in [2.45, 2.75) is 49.8 Å². The maximum atomic E-state index is 11.4. The van der Waals surface area contributed by atoms with Crippen LogP contribution in [0.1, 0.15) is 45.4 Å². The van der Waals surface area contributed by atoms with E-state index in [0.29, 0.717) is 15.3 Å². The first-order valence-electron chi connectivity index (χ1n) is 5.13. The van der Waals surface area contributed by atoms with E-state index in [4.69, 9.17) is 0 Å². The van der Waals surface area contributed by atoms with Crippen LogP contribution in [0.5, 0.6) is 0 Å². The van der Waals surface area contributed by atoms with Crippen molar-refractivity contribution in [3.8, 4) is 0 Å². The van der Waals surface area contributed by atoms with Crippen molar-refractivity contribution in [2.24, 2.45) is 0 Å². The molecule has 0 aromatic carbocycles. The van der Waals surface area contributed by atoms with Gasteiger partial charge in [-0.15, -0.1) is 0 Å². The molecule has 2 unspecified atom stereocenters. The molecule has 0 rings (SSSR count). The molecular formula is C10H19O2PV. The third kappa shape index (κ3) is 8.93. The zero-order valence-corrected chi connectivity index (χ0v) is 11.3. The average Bonchev–Trinajstić information content (AvgIpc) is 2.15. The number of aldehydes is 1. The van der Waals surface area contributed by atoms with E-state index in [9.17, 15) is 9.59 Å².